The van der Waals surface area contributed by atoms with Crippen LogP contribution in [0.5, 0.6) is 5.75 Å². The maximum atomic E-state index is 12.8. The smallest absolute Gasteiger partial charge is 0.322 e. The fourth-order valence-corrected chi connectivity index (χ4v) is 3.13. The van der Waals surface area contributed by atoms with Crippen molar-refractivity contribution in [2.75, 3.05) is 11.1 Å². The highest BCUT2D eigenvalue weighted by Crippen LogP contribution is 2.18. The maximum Gasteiger partial charge on any atom is 0.322 e. The molecule has 0 heterocycles. The largest absolute Gasteiger partial charge is 0.382 e. The fourth-order valence-electron chi connectivity index (χ4n) is 2.61. The van der Waals surface area contributed by atoms with Gasteiger partial charge in [0.1, 0.15) is 5.75 Å². The Bertz CT molecular complexity index is 893. The Balaban J connectivity index is 2.08. The molecular formula is C21H28N2O4S. The number of benzene rings is 2. The van der Waals surface area contributed by atoms with Gasteiger partial charge in [0.15, 0.2) is 0 Å². The van der Waals surface area contributed by atoms with Gasteiger partial charge in [-0.25, -0.2) is 4.79 Å². The Hall–Kier alpha value is -2.54. The third-order valence-electron chi connectivity index (χ3n) is 4.32. The van der Waals surface area contributed by atoms with E-state index in [0.717, 1.165) is 23.2 Å². The Morgan fingerprint density at radius 1 is 1.07 bits per heavy atom. The summed E-state index contributed by atoms with van der Waals surface area (Å²) in [5.74, 6) is 0.178. The van der Waals surface area contributed by atoms with Crippen LogP contribution in [0.15, 0.2) is 48.5 Å². The maximum absolute atomic E-state index is 12.8. The van der Waals surface area contributed by atoms with Gasteiger partial charge in [-0.15, -0.1) is 0 Å². The highest BCUT2D eigenvalue weighted by molar-refractivity contribution is 7.87. The Labute approximate surface area is 167 Å². The minimum atomic E-state index is -3.55. The quantitative estimate of drug-likeness (QED) is 0.661. The van der Waals surface area contributed by atoms with Crippen molar-refractivity contribution in [1.29, 1.82) is 0 Å². The Morgan fingerprint density at radius 3 is 2.32 bits per heavy atom. The van der Waals surface area contributed by atoms with Crippen LogP contribution in [0, 0.1) is 0 Å². The van der Waals surface area contributed by atoms with Gasteiger partial charge < -0.3 is 14.4 Å². The Morgan fingerprint density at radius 2 is 1.75 bits per heavy atom. The van der Waals surface area contributed by atoms with E-state index in [1.54, 1.807) is 29.2 Å². The number of hydrogen-bond donors (Lipinski definition) is 1. The van der Waals surface area contributed by atoms with E-state index in [9.17, 15) is 13.2 Å². The van der Waals surface area contributed by atoms with Crippen LogP contribution < -0.4 is 9.50 Å². The summed E-state index contributed by atoms with van der Waals surface area (Å²) in [6.45, 7) is 7.90. The predicted octanol–water partition coefficient (Wildman–Crippen LogP) is 4.42. The first-order valence-corrected chi connectivity index (χ1v) is 11.0. The predicted molar refractivity (Wildman–Crippen MR) is 112 cm³/mol. The summed E-state index contributed by atoms with van der Waals surface area (Å²) >= 11 is 0. The monoisotopic (exact) mass is 404 g/mol. The van der Waals surface area contributed by atoms with Gasteiger partial charge in [-0.3, -0.25) is 0 Å². The zero-order chi connectivity index (χ0) is 20.7. The van der Waals surface area contributed by atoms with E-state index in [4.69, 9.17) is 4.18 Å². The number of urea groups is 1. The van der Waals surface area contributed by atoms with Gasteiger partial charge in [-0.2, -0.15) is 8.42 Å². The van der Waals surface area contributed by atoms with Gasteiger partial charge in [0, 0.05) is 18.3 Å². The van der Waals surface area contributed by atoms with E-state index >= 15 is 0 Å². The third-order valence-corrected chi connectivity index (χ3v) is 5.48. The Kier molecular flexibility index (Phi) is 7.45. The molecule has 0 radical (unpaired) electrons. The van der Waals surface area contributed by atoms with Gasteiger partial charge >= 0.3 is 16.1 Å². The van der Waals surface area contributed by atoms with Crippen molar-refractivity contribution in [3.8, 4) is 5.75 Å². The minimum Gasteiger partial charge on any atom is -0.382 e. The van der Waals surface area contributed by atoms with Crippen LogP contribution in [0.25, 0.3) is 0 Å². The molecule has 0 saturated carbocycles. The second-order valence-corrected chi connectivity index (χ2v) is 8.64. The summed E-state index contributed by atoms with van der Waals surface area (Å²) in [5.41, 5.74) is 2.81. The van der Waals surface area contributed by atoms with Gasteiger partial charge in [0.25, 0.3) is 0 Å². The number of nitrogens with one attached hydrogen (secondary N) is 1. The first-order chi connectivity index (χ1) is 13.2. The molecular weight excluding hydrogens is 376 g/mol. The van der Waals surface area contributed by atoms with E-state index in [-0.39, 0.29) is 23.6 Å². The molecule has 0 aromatic heterocycles. The van der Waals surface area contributed by atoms with Gasteiger partial charge in [0.2, 0.25) is 0 Å². The first-order valence-electron chi connectivity index (χ1n) is 9.41. The molecule has 6 nitrogen and oxygen atoms in total. The van der Waals surface area contributed by atoms with E-state index in [0.29, 0.717) is 6.54 Å². The molecule has 2 aromatic carbocycles. The first kappa shape index (κ1) is 21.8. The second-order valence-electron chi connectivity index (χ2n) is 6.78. The molecule has 0 spiro atoms. The molecule has 2 amide bonds. The standard InChI is InChI=1S/C21H28N2O4S/c1-5-17-8-7-9-19(14-17)22-21(24)23(16(3)4)15-18-10-12-20(13-11-18)27-28(25,26)6-2/h7-14,16H,5-6,15H2,1-4H3,(H,22,24). The van der Waals surface area contributed by atoms with Gasteiger partial charge in [-0.1, -0.05) is 31.2 Å². The topological polar surface area (TPSA) is 75.7 Å². The van der Waals surface area contributed by atoms with E-state index in [1.165, 1.54) is 6.92 Å². The lowest BCUT2D eigenvalue weighted by Gasteiger charge is -2.27. The summed E-state index contributed by atoms with van der Waals surface area (Å²) in [6, 6.07) is 14.3. The summed E-state index contributed by atoms with van der Waals surface area (Å²) in [6.07, 6.45) is 0.903. The van der Waals surface area contributed by atoms with Crippen molar-refractivity contribution in [1.82, 2.24) is 4.90 Å². The molecule has 1 N–H and O–H groups in total. The molecule has 2 aromatic rings. The van der Waals surface area contributed by atoms with E-state index in [1.807, 2.05) is 38.1 Å². The average molecular weight is 405 g/mol. The van der Waals surface area contributed by atoms with Crippen molar-refractivity contribution in [2.24, 2.45) is 0 Å². The van der Waals surface area contributed by atoms with Crippen LogP contribution in [0.4, 0.5) is 10.5 Å². The second kappa shape index (κ2) is 9.59. The third kappa shape index (κ3) is 6.27. The highest BCUT2D eigenvalue weighted by atomic mass is 32.2. The van der Waals surface area contributed by atoms with Crippen LogP contribution in [0.3, 0.4) is 0 Å². The lowest BCUT2D eigenvalue weighted by atomic mass is 10.1. The van der Waals surface area contributed by atoms with Crippen LogP contribution >= 0.6 is 0 Å². The molecule has 0 aliphatic carbocycles. The van der Waals surface area contributed by atoms with Crippen LogP contribution in [-0.2, 0) is 23.1 Å². The van der Waals surface area contributed by atoms with Crippen molar-refractivity contribution < 1.29 is 17.4 Å². The normalized spacial score (nSPS) is 11.3. The molecule has 152 valence electrons. The lowest BCUT2D eigenvalue weighted by molar-refractivity contribution is 0.193. The number of amides is 2. The van der Waals surface area contributed by atoms with E-state index < -0.39 is 10.1 Å². The summed E-state index contributed by atoms with van der Waals surface area (Å²) in [4.78, 5) is 14.5. The highest BCUT2D eigenvalue weighted by Gasteiger charge is 2.18. The molecule has 0 atom stereocenters. The van der Waals surface area contributed by atoms with Crippen LogP contribution in [-0.4, -0.2) is 31.1 Å². The minimum absolute atomic E-state index is 0.00856. The molecule has 0 fully saturated rings. The molecule has 7 heteroatoms. The number of carbonyl (C=O) groups is 1. The zero-order valence-electron chi connectivity index (χ0n) is 16.8. The van der Waals surface area contributed by atoms with Crippen LogP contribution in [0.1, 0.15) is 38.8 Å². The molecule has 0 unspecified atom stereocenters. The van der Waals surface area contributed by atoms with Crippen molar-refractivity contribution in [3.05, 3.63) is 59.7 Å². The molecule has 0 aliphatic rings. The summed E-state index contributed by atoms with van der Waals surface area (Å²) in [7, 11) is -3.55. The number of nitrogens with zero attached hydrogens (tertiary/aromatic N) is 1. The number of anilines is 1. The average Bonchev–Trinajstić information content (AvgIpc) is 2.67. The lowest BCUT2D eigenvalue weighted by Crippen LogP contribution is -2.39. The number of aryl methyl sites for hydroxylation is 1. The van der Waals surface area contributed by atoms with E-state index in [2.05, 4.69) is 12.2 Å². The summed E-state index contributed by atoms with van der Waals surface area (Å²) < 4.78 is 28.1. The van der Waals surface area contributed by atoms with Crippen LogP contribution in [0.2, 0.25) is 0 Å². The number of carbonyl (C=O) groups excluding carboxylic acids is 1. The zero-order valence-corrected chi connectivity index (χ0v) is 17.6. The number of hydrogen-bond acceptors (Lipinski definition) is 4. The molecule has 0 saturated heterocycles. The molecule has 28 heavy (non-hydrogen) atoms. The van der Waals surface area contributed by atoms with Crippen molar-refractivity contribution in [2.45, 2.75) is 46.7 Å². The van der Waals surface area contributed by atoms with Crippen molar-refractivity contribution >= 4 is 21.8 Å². The molecule has 2 rings (SSSR count). The van der Waals surface area contributed by atoms with Crippen molar-refractivity contribution in [3.63, 3.8) is 0 Å². The number of rotatable bonds is 8. The SMILES string of the molecule is CCc1cccc(NC(=O)N(Cc2ccc(OS(=O)(=O)CC)cc2)C(C)C)c1. The molecule has 0 aliphatic heterocycles. The van der Waals surface area contributed by atoms with Gasteiger partial charge in [-0.05, 0) is 62.6 Å². The molecule has 0 bridgehead atoms. The fraction of sp³-hybridized carbons (Fsp3) is 0.381. The summed E-state index contributed by atoms with van der Waals surface area (Å²) in [5, 5.41) is 2.95. The van der Waals surface area contributed by atoms with Gasteiger partial charge in [0.05, 0.1) is 5.75 Å².